The molecule has 3 N–H and O–H groups in total. The van der Waals surface area contributed by atoms with Gasteiger partial charge in [0.1, 0.15) is 5.82 Å². The van der Waals surface area contributed by atoms with Crippen molar-refractivity contribution < 1.29 is 26.7 Å². The Labute approximate surface area is 249 Å². The first kappa shape index (κ1) is 29.2. The van der Waals surface area contributed by atoms with Crippen LogP contribution >= 0.6 is 0 Å². The van der Waals surface area contributed by atoms with Crippen LogP contribution in [-0.4, -0.2) is 54.3 Å². The fourth-order valence-corrected chi connectivity index (χ4v) is 6.36. The number of anilines is 1. The smallest absolute Gasteiger partial charge is 0.232 e. The molecular formula is C30H29F3N6O3S. The standard InChI is InChI=1S/C30H29F3N6O3S/c31-22-15-24(26(32)27(33)25(22)28(38-43(40)41)19-7-2-1-3-8-19)42-29-21(9-4-11-34-29)23-10-12-35-30(37-23)36-20-14-18-6-5-13-39(16-18)17-20/h1-4,7-12,15,18,20,28,38H,5-6,13-14,16-17H2,(H,40,41)(H,35,36,37). The molecule has 0 aliphatic carbocycles. The Morgan fingerprint density at radius 1 is 1.02 bits per heavy atom. The second kappa shape index (κ2) is 12.8. The fraction of sp³-hybridized carbons (Fsp3) is 0.300. The van der Waals surface area contributed by atoms with Gasteiger partial charge in [-0.25, -0.2) is 32.7 Å². The van der Waals surface area contributed by atoms with Gasteiger partial charge in [0.25, 0.3) is 0 Å². The molecule has 4 aromatic rings. The highest BCUT2D eigenvalue weighted by Crippen LogP contribution is 2.37. The lowest BCUT2D eigenvalue weighted by molar-refractivity contribution is 0.115. The van der Waals surface area contributed by atoms with E-state index in [9.17, 15) is 8.76 Å². The van der Waals surface area contributed by atoms with Crippen molar-refractivity contribution in [1.29, 1.82) is 0 Å². The Morgan fingerprint density at radius 2 is 1.86 bits per heavy atom. The Kier molecular flexibility index (Phi) is 8.66. The molecule has 0 amide bonds. The van der Waals surface area contributed by atoms with E-state index in [1.807, 2.05) is 0 Å². The highest BCUT2D eigenvalue weighted by atomic mass is 32.2. The van der Waals surface area contributed by atoms with E-state index >= 15 is 13.2 Å². The molecule has 6 rings (SSSR count). The number of nitrogens with one attached hydrogen (secondary N) is 2. The zero-order valence-electron chi connectivity index (χ0n) is 22.9. The number of rotatable bonds is 9. The van der Waals surface area contributed by atoms with Gasteiger partial charge in [0.2, 0.25) is 28.9 Å². The molecule has 2 aromatic carbocycles. The predicted octanol–water partition coefficient (Wildman–Crippen LogP) is 5.46. The zero-order chi connectivity index (χ0) is 29.9. The topological polar surface area (TPSA) is 112 Å². The fourth-order valence-electron chi connectivity index (χ4n) is 5.90. The summed E-state index contributed by atoms with van der Waals surface area (Å²) in [5.74, 6) is -4.03. The molecule has 2 aliphatic rings. The number of aromatic nitrogens is 3. The van der Waals surface area contributed by atoms with Crippen molar-refractivity contribution >= 4 is 17.2 Å². The van der Waals surface area contributed by atoms with Crippen molar-refractivity contribution in [1.82, 2.24) is 24.6 Å². The number of hydrogen-bond acceptors (Lipinski definition) is 7. The van der Waals surface area contributed by atoms with Crippen LogP contribution in [0.1, 0.15) is 36.4 Å². The number of benzene rings is 2. The minimum absolute atomic E-state index is 0.120. The molecule has 2 bridgehead atoms. The molecule has 2 fully saturated rings. The van der Waals surface area contributed by atoms with Gasteiger partial charge in [0, 0.05) is 43.2 Å². The molecule has 0 saturated carbocycles. The Morgan fingerprint density at radius 3 is 2.65 bits per heavy atom. The van der Waals surface area contributed by atoms with E-state index in [4.69, 9.17) is 4.74 Å². The lowest BCUT2D eigenvalue weighted by Gasteiger charge is -2.41. The van der Waals surface area contributed by atoms with Crippen molar-refractivity contribution in [3.05, 3.63) is 95.6 Å². The van der Waals surface area contributed by atoms with Gasteiger partial charge in [-0.15, -0.1) is 0 Å². The second-order valence-corrected chi connectivity index (χ2v) is 11.4. The first-order valence-electron chi connectivity index (χ1n) is 13.9. The van der Waals surface area contributed by atoms with Crippen LogP contribution in [-0.2, 0) is 11.3 Å². The van der Waals surface area contributed by atoms with Crippen molar-refractivity contribution in [2.24, 2.45) is 5.92 Å². The summed E-state index contributed by atoms with van der Waals surface area (Å²) in [6.45, 7) is 3.13. The third-order valence-corrected chi connectivity index (χ3v) is 8.18. The first-order valence-corrected chi connectivity index (χ1v) is 15.0. The molecule has 4 heterocycles. The first-order chi connectivity index (χ1) is 20.9. The lowest BCUT2D eigenvalue weighted by atomic mass is 9.87. The lowest BCUT2D eigenvalue weighted by Crippen LogP contribution is -2.49. The molecule has 43 heavy (non-hydrogen) atoms. The maximum Gasteiger partial charge on any atom is 0.232 e. The number of piperidine rings is 2. The maximum atomic E-state index is 15.4. The van der Waals surface area contributed by atoms with E-state index in [2.05, 4.69) is 29.9 Å². The summed E-state index contributed by atoms with van der Waals surface area (Å²) in [5, 5.41) is 3.43. The summed E-state index contributed by atoms with van der Waals surface area (Å²) >= 11 is -2.65. The van der Waals surface area contributed by atoms with Crippen LogP contribution in [0.15, 0.2) is 67.0 Å². The average molecular weight is 611 g/mol. The average Bonchev–Trinajstić information content (AvgIpc) is 3.00. The minimum Gasteiger partial charge on any atom is -0.435 e. The highest BCUT2D eigenvalue weighted by molar-refractivity contribution is 7.77. The molecule has 9 nitrogen and oxygen atoms in total. The van der Waals surface area contributed by atoms with Crippen LogP contribution in [0, 0.1) is 23.4 Å². The van der Waals surface area contributed by atoms with Crippen LogP contribution in [0.4, 0.5) is 19.1 Å². The summed E-state index contributed by atoms with van der Waals surface area (Å²) in [6.07, 6.45) is 6.46. The van der Waals surface area contributed by atoms with Gasteiger partial charge < -0.3 is 15.0 Å². The van der Waals surface area contributed by atoms with Crippen LogP contribution in [0.2, 0.25) is 0 Å². The third kappa shape index (κ3) is 6.54. The van der Waals surface area contributed by atoms with Crippen LogP contribution in [0.3, 0.4) is 0 Å². The number of fused-ring (bicyclic) bond motifs is 2. The molecule has 0 radical (unpaired) electrons. The Bertz CT molecular complexity index is 1620. The van der Waals surface area contributed by atoms with E-state index in [0.717, 1.165) is 26.1 Å². The molecule has 5 unspecified atom stereocenters. The SMILES string of the molecule is O=S(O)NC(c1ccccc1)c1c(F)cc(Oc2ncccc2-c2ccnc(NC3CC4CCCN(C4)C3)n2)c(F)c1F. The molecule has 13 heteroatoms. The van der Waals surface area contributed by atoms with Crippen molar-refractivity contribution in [2.75, 3.05) is 25.0 Å². The quantitative estimate of drug-likeness (QED) is 0.169. The second-order valence-electron chi connectivity index (χ2n) is 10.7. The van der Waals surface area contributed by atoms with E-state index in [1.54, 1.807) is 42.6 Å². The van der Waals surface area contributed by atoms with Gasteiger partial charge in [-0.05, 0) is 55.5 Å². The van der Waals surface area contributed by atoms with Crippen LogP contribution in [0.5, 0.6) is 11.6 Å². The number of nitrogens with zero attached hydrogens (tertiary/aromatic N) is 4. The van der Waals surface area contributed by atoms with Gasteiger partial charge in [0.15, 0.2) is 11.6 Å². The van der Waals surface area contributed by atoms with Gasteiger partial charge in [0.05, 0.1) is 17.3 Å². The summed E-state index contributed by atoms with van der Waals surface area (Å²) in [4.78, 5) is 15.6. The summed E-state index contributed by atoms with van der Waals surface area (Å²) in [6, 6.07) is 12.2. The molecule has 0 spiro atoms. The van der Waals surface area contributed by atoms with Crippen molar-refractivity contribution in [3.63, 3.8) is 0 Å². The predicted molar refractivity (Wildman–Crippen MR) is 155 cm³/mol. The van der Waals surface area contributed by atoms with Crippen molar-refractivity contribution in [2.45, 2.75) is 31.3 Å². The van der Waals surface area contributed by atoms with Crippen LogP contribution in [0.25, 0.3) is 11.3 Å². The highest BCUT2D eigenvalue weighted by Gasteiger charge is 2.31. The molecule has 2 aromatic heterocycles. The number of hydrogen-bond donors (Lipinski definition) is 3. The summed E-state index contributed by atoms with van der Waals surface area (Å²) in [7, 11) is 0. The summed E-state index contributed by atoms with van der Waals surface area (Å²) in [5.41, 5.74) is 0.272. The Balaban J connectivity index is 1.28. The van der Waals surface area contributed by atoms with Gasteiger partial charge in [-0.2, -0.15) is 4.39 Å². The normalized spacial score (nSPS) is 21.2. The largest absolute Gasteiger partial charge is 0.435 e. The van der Waals surface area contributed by atoms with E-state index in [0.29, 0.717) is 29.2 Å². The zero-order valence-corrected chi connectivity index (χ0v) is 23.7. The van der Waals surface area contributed by atoms with E-state index in [1.165, 1.54) is 31.2 Å². The monoisotopic (exact) mass is 610 g/mol. The van der Waals surface area contributed by atoms with Gasteiger partial charge in [-0.3, -0.25) is 4.55 Å². The number of ether oxygens (including phenoxy) is 1. The molecular weight excluding hydrogens is 581 g/mol. The molecule has 2 saturated heterocycles. The van der Waals surface area contributed by atoms with Crippen molar-refractivity contribution in [3.8, 4) is 22.9 Å². The molecule has 224 valence electrons. The Hall–Kier alpha value is -3.91. The molecule has 5 atom stereocenters. The van der Waals surface area contributed by atoms with Gasteiger partial charge >= 0.3 is 0 Å². The maximum absolute atomic E-state index is 15.4. The third-order valence-electron chi connectivity index (χ3n) is 7.74. The molecule has 2 aliphatic heterocycles. The van der Waals surface area contributed by atoms with Crippen LogP contribution < -0.4 is 14.8 Å². The number of halogens is 3. The van der Waals surface area contributed by atoms with E-state index in [-0.39, 0.29) is 17.5 Å². The summed E-state index contributed by atoms with van der Waals surface area (Å²) < 4.78 is 75.0. The van der Waals surface area contributed by atoms with Gasteiger partial charge in [-0.1, -0.05) is 30.3 Å². The number of pyridine rings is 1. The minimum atomic E-state index is -2.65. The van der Waals surface area contributed by atoms with E-state index < -0.39 is 46.1 Å².